The van der Waals surface area contributed by atoms with Crippen LogP contribution in [0.1, 0.15) is 20.3 Å². The third kappa shape index (κ3) is 3.52. The molecule has 98 valence electrons. The zero-order valence-corrected chi connectivity index (χ0v) is 10.7. The third-order valence-corrected chi connectivity index (χ3v) is 3.16. The lowest BCUT2D eigenvalue weighted by molar-refractivity contribution is -0.131. The number of nitrogens with zero attached hydrogens (tertiary/aromatic N) is 1. The molecular formula is C12H10N2O4S. The Morgan fingerprint density at radius 2 is 2.26 bits per heavy atom. The highest BCUT2D eigenvalue weighted by Crippen LogP contribution is 2.19. The van der Waals surface area contributed by atoms with Gasteiger partial charge < -0.3 is 14.9 Å². The van der Waals surface area contributed by atoms with Crippen LogP contribution in [0.5, 0.6) is 0 Å². The normalized spacial score (nSPS) is 10.8. The van der Waals surface area contributed by atoms with Crippen molar-refractivity contribution >= 4 is 35.1 Å². The molecule has 19 heavy (non-hydrogen) atoms. The van der Waals surface area contributed by atoms with Gasteiger partial charge in [0.1, 0.15) is 5.76 Å². The molecule has 0 radical (unpaired) electrons. The minimum atomic E-state index is -1.03. The summed E-state index contributed by atoms with van der Waals surface area (Å²) in [4.78, 5) is 23.4. The first-order valence-corrected chi connectivity index (χ1v) is 6.12. The Kier molecular flexibility index (Phi) is 3.76. The molecule has 2 heterocycles. The largest absolute Gasteiger partial charge is 0.478 e. The van der Waals surface area contributed by atoms with Gasteiger partial charge in [-0.3, -0.25) is 4.79 Å². The van der Waals surface area contributed by atoms with E-state index in [-0.39, 0.29) is 5.91 Å². The quantitative estimate of drug-likeness (QED) is 0.838. The van der Waals surface area contributed by atoms with Crippen molar-refractivity contribution in [1.82, 2.24) is 5.16 Å². The SMILES string of the molecule is Cc1cc(NC(=O)c2ccc(/C=C/C(=O)O)s2)no1. The van der Waals surface area contributed by atoms with Crippen molar-refractivity contribution in [2.75, 3.05) is 5.32 Å². The highest BCUT2D eigenvalue weighted by molar-refractivity contribution is 7.15. The van der Waals surface area contributed by atoms with Crippen LogP contribution in [-0.2, 0) is 4.79 Å². The van der Waals surface area contributed by atoms with Gasteiger partial charge in [0.2, 0.25) is 0 Å². The topological polar surface area (TPSA) is 92.4 Å². The molecule has 0 aliphatic rings. The van der Waals surface area contributed by atoms with Crippen molar-refractivity contribution in [2.24, 2.45) is 0 Å². The first-order valence-electron chi connectivity index (χ1n) is 5.30. The molecule has 0 aliphatic carbocycles. The summed E-state index contributed by atoms with van der Waals surface area (Å²) in [7, 11) is 0. The highest BCUT2D eigenvalue weighted by Gasteiger charge is 2.10. The van der Waals surface area contributed by atoms with Gasteiger partial charge in [0.15, 0.2) is 5.82 Å². The molecule has 1 amide bonds. The maximum absolute atomic E-state index is 11.9. The van der Waals surface area contributed by atoms with E-state index in [1.807, 2.05) is 0 Å². The van der Waals surface area contributed by atoms with E-state index < -0.39 is 5.97 Å². The number of thiophene rings is 1. The number of hydrogen-bond acceptors (Lipinski definition) is 5. The number of carboxylic acid groups (broad SMARTS) is 1. The highest BCUT2D eigenvalue weighted by atomic mass is 32.1. The molecule has 0 fully saturated rings. The van der Waals surface area contributed by atoms with Crippen LogP contribution in [0.2, 0.25) is 0 Å². The monoisotopic (exact) mass is 278 g/mol. The summed E-state index contributed by atoms with van der Waals surface area (Å²) >= 11 is 1.19. The first-order chi connectivity index (χ1) is 9.04. The lowest BCUT2D eigenvalue weighted by Crippen LogP contribution is -2.10. The number of aryl methyl sites for hydroxylation is 1. The number of aromatic nitrogens is 1. The number of carboxylic acids is 1. The lowest BCUT2D eigenvalue weighted by Gasteiger charge is -1.96. The fourth-order valence-corrected chi connectivity index (χ4v) is 2.13. The van der Waals surface area contributed by atoms with Crippen molar-refractivity contribution in [3.05, 3.63) is 39.8 Å². The molecule has 0 atom stereocenters. The van der Waals surface area contributed by atoms with E-state index in [2.05, 4.69) is 10.5 Å². The number of aliphatic carboxylic acids is 1. The minimum absolute atomic E-state index is 0.312. The number of carbonyl (C=O) groups excluding carboxylic acids is 1. The Labute approximate surface area is 112 Å². The number of anilines is 1. The second-order valence-corrected chi connectivity index (χ2v) is 4.77. The Balaban J connectivity index is 2.06. The molecule has 2 rings (SSSR count). The van der Waals surface area contributed by atoms with Crippen molar-refractivity contribution in [2.45, 2.75) is 6.92 Å². The molecule has 6 nitrogen and oxygen atoms in total. The average molecular weight is 278 g/mol. The Bertz CT molecular complexity index is 642. The molecule has 7 heteroatoms. The number of nitrogens with one attached hydrogen (secondary N) is 1. The van der Waals surface area contributed by atoms with Crippen LogP contribution in [0, 0.1) is 6.92 Å². The molecule has 2 aromatic heterocycles. The summed E-state index contributed by atoms with van der Waals surface area (Å²) in [5.74, 6) is -0.393. The second-order valence-electron chi connectivity index (χ2n) is 3.65. The van der Waals surface area contributed by atoms with Crippen LogP contribution in [0.3, 0.4) is 0 Å². The maximum atomic E-state index is 11.9. The van der Waals surface area contributed by atoms with E-state index in [4.69, 9.17) is 9.63 Å². The van der Waals surface area contributed by atoms with Crippen LogP contribution in [0.25, 0.3) is 6.08 Å². The molecule has 0 saturated heterocycles. The number of carbonyl (C=O) groups is 2. The molecule has 0 spiro atoms. The van der Waals surface area contributed by atoms with Gasteiger partial charge in [0.05, 0.1) is 4.88 Å². The van der Waals surface area contributed by atoms with Gasteiger partial charge in [-0.2, -0.15) is 0 Å². The molecule has 0 bridgehead atoms. The second kappa shape index (κ2) is 5.49. The summed E-state index contributed by atoms with van der Waals surface area (Å²) < 4.78 is 4.83. The van der Waals surface area contributed by atoms with Crippen molar-refractivity contribution in [1.29, 1.82) is 0 Å². The van der Waals surface area contributed by atoms with Gasteiger partial charge in [0, 0.05) is 17.0 Å². The van der Waals surface area contributed by atoms with Gasteiger partial charge in [-0.15, -0.1) is 11.3 Å². The Hall–Kier alpha value is -2.41. The predicted molar refractivity (Wildman–Crippen MR) is 70.2 cm³/mol. The zero-order valence-electron chi connectivity index (χ0n) is 9.91. The average Bonchev–Trinajstić information content (AvgIpc) is 2.95. The zero-order chi connectivity index (χ0) is 13.8. The van der Waals surface area contributed by atoms with Crippen molar-refractivity contribution in [3.8, 4) is 0 Å². The third-order valence-electron chi connectivity index (χ3n) is 2.11. The first kappa shape index (κ1) is 13.0. The van der Waals surface area contributed by atoms with E-state index in [0.29, 0.717) is 21.3 Å². The molecule has 0 aromatic carbocycles. The van der Waals surface area contributed by atoms with Crippen molar-refractivity contribution < 1.29 is 19.2 Å². The summed E-state index contributed by atoms with van der Waals surface area (Å²) in [6.45, 7) is 1.72. The molecule has 2 N–H and O–H groups in total. The van der Waals surface area contributed by atoms with Crippen LogP contribution in [-0.4, -0.2) is 22.1 Å². The fourth-order valence-electron chi connectivity index (χ4n) is 1.32. The standard InChI is InChI=1S/C12H10N2O4S/c1-7-6-10(14-18-7)13-12(17)9-4-2-8(19-9)3-5-11(15)16/h2-6H,1H3,(H,15,16)(H,13,14,17)/b5-3+. The summed E-state index contributed by atoms with van der Waals surface area (Å²) in [6.07, 6.45) is 2.46. The lowest BCUT2D eigenvalue weighted by atomic mass is 10.4. The number of hydrogen-bond donors (Lipinski definition) is 2. The number of rotatable bonds is 4. The summed E-state index contributed by atoms with van der Waals surface area (Å²) in [5.41, 5.74) is 0. The summed E-state index contributed by atoms with van der Waals surface area (Å²) in [5, 5.41) is 14.7. The Morgan fingerprint density at radius 3 is 2.89 bits per heavy atom. The van der Waals surface area contributed by atoms with E-state index >= 15 is 0 Å². The van der Waals surface area contributed by atoms with Crippen LogP contribution >= 0.6 is 11.3 Å². The van der Waals surface area contributed by atoms with E-state index in [1.165, 1.54) is 17.4 Å². The smallest absolute Gasteiger partial charge is 0.328 e. The van der Waals surface area contributed by atoms with Crippen LogP contribution in [0.4, 0.5) is 5.82 Å². The number of amides is 1. The van der Waals surface area contributed by atoms with E-state index in [9.17, 15) is 9.59 Å². The van der Waals surface area contributed by atoms with E-state index in [1.54, 1.807) is 25.1 Å². The molecule has 0 unspecified atom stereocenters. The van der Waals surface area contributed by atoms with Gasteiger partial charge in [-0.05, 0) is 25.1 Å². The Morgan fingerprint density at radius 1 is 1.47 bits per heavy atom. The van der Waals surface area contributed by atoms with E-state index in [0.717, 1.165) is 6.08 Å². The molecular weight excluding hydrogens is 268 g/mol. The van der Waals surface area contributed by atoms with Gasteiger partial charge in [-0.25, -0.2) is 4.79 Å². The summed E-state index contributed by atoms with van der Waals surface area (Å²) in [6, 6.07) is 4.90. The minimum Gasteiger partial charge on any atom is -0.478 e. The van der Waals surface area contributed by atoms with Crippen LogP contribution in [0.15, 0.2) is 28.8 Å². The fraction of sp³-hybridized carbons (Fsp3) is 0.0833. The van der Waals surface area contributed by atoms with Crippen molar-refractivity contribution in [3.63, 3.8) is 0 Å². The maximum Gasteiger partial charge on any atom is 0.328 e. The molecule has 2 aromatic rings. The van der Waals surface area contributed by atoms with Crippen LogP contribution < -0.4 is 5.32 Å². The predicted octanol–water partition coefficient (Wildman–Crippen LogP) is 2.39. The molecule has 0 aliphatic heterocycles. The van der Waals surface area contributed by atoms with Gasteiger partial charge in [0.25, 0.3) is 5.91 Å². The molecule has 0 saturated carbocycles. The van der Waals surface area contributed by atoms with Gasteiger partial charge >= 0.3 is 5.97 Å². The van der Waals surface area contributed by atoms with Gasteiger partial charge in [-0.1, -0.05) is 5.16 Å².